The Morgan fingerprint density at radius 1 is 1.35 bits per heavy atom. The van der Waals surface area contributed by atoms with E-state index in [-0.39, 0.29) is 10.9 Å². The average molecular weight is 321 g/mol. The first-order valence-electron chi connectivity index (χ1n) is 5.32. The molecule has 0 amide bonds. The van der Waals surface area contributed by atoms with Crippen molar-refractivity contribution >= 4 is 22.0 Å². The van der Waals surface area contributed by atoms with Crippen LogP contribution in [-0.2, 0) is 24.3 Å². The number of esters is 1. The van der Waals surface area contributed by atoms with Crippen LogP contribution in [0.3, 0.4) is 0 Å². The van der Waals surface area contributed by atoms with Crippen LogP contribution in [0.25, 0.3) is 0 Å². The second kappa shape index (κ2) is 6.88. The van der Waals surface area contributed by atoms with Crippen molar-refractivity contribution in [3.8, 4) is 0 Å². The Bertz CT molecular complexity index is 461. The van der Waals surface area contributed by atoms with Crippen molar-refractivity contribution in [3.63, 3.8) is 0 Å². The van der Waals surface area contributed by atoms with Crippen molar-refractivity contribution < 1.29 is 41.0 Å². The number of carboxylic acids is 1. The largest absolute Gasteiger partial charge is 0.480 e. The van der Waals surface area contributed by atoms with E-state index in [2.05, 4.69) is 4.74 Å². The Balaban J connectivity index is 5.32. The second-order valence-electron chi connectivity index (χ2n) is 3.73. The minimum atomic E-state index is -5.22. The number of hydrogen-bond acceptors (Lipinski definition) is 5. The molecule has 20 heavy (non-hydrogen) atoms. The summed E-state index contributed by atoms with van der Waals surface area (Å²) < 4.78 is 66.0. The number of sulfonamides is 1. The molecule has 1 N–H and O–H groups in total. The van der Waals surface area contributed by atoms with E-state index in [9.17, 15) is 31.2 Å². The van der Waals surface area contributed by atoms with Gasteiger partial charge in [0.2, 0.25) is 10.0 Å². The summed E-state index contributed by atoms with van der Waals surface area (Å²) in [5.74, 6) is -2.95. The number of aliphatic carboxylic acids is 1. The molecule has 7 nitrogen and oxygen atoms in total. The highest BCUT2D eigenvalue weighted by Gasteiger charge is 2.51. The standard InChI is InChI=1S/C9H14F3NO6S/c1-3-19-8(16)4-6(9(10,11)12)20(17,18)13(2)5-7(14)15/h6H,3-5H2,1-2H3,(H,14,15). The molecule has 0 radical (unpaired) electrons. The predicted octanol–water partition coefficient (Wildman–Crippen LogP) is 0.217. The summed E-state index contributed by atoms with van der Waals surface area (Å²) in [5, 5.41) is 5.38. The van der Waals surface area contributed by atoms with Gasteiger partial charge in [0.1, 0.15) is 6.54 Å². The maximum Gasteiger partial charge on any atom is 0.407 e. The van der Waals surface area contributed by atoms with Gasteiger partial charge in [-0.1, -0.05) is 0 Å². The van der Waals surface area contributed by atoms with Crippen LogP contribution in [0.2, 0.25) is 0 Å². The van der Waals surface area contributed by atoms with Gasteiger partial charge in [0, 0.05) is 7.05 Å². The number of carbonyl (C=O) groups excluding carboxylic acids is 1. The second-order valence-corrected chi connectivity index (χ2v) is 5.96. The fourth-order valence-electron chi connectivity index (χ4n) is 1.26. The highest BCUT2D eigenvalue weighted by atomic mass is 32.2. The van der Waals surface area contributed by atoms with E-state index in [0.717, 1.165) is 0 Å². The molecule has 0 saturated carbocycles. The quantitative estimate of drug-likeness (QED) is 0.673. The van der Waals surface area contributed by atoms with E-state index in [1.54, 1.807) is 0 Å². The third-order valence-corrected chi connectivity index (χ3v) is 4.33. The molecule has 0 aromatic heterocycles. The number of carbonyl (C=O) groups is 2. The van der Waals surface area contributed by atoms with Crippen LogP contribution in [0.1, 0.15) is 13.3 Å². The number of carboxylic acid groups (broad SMARTS) is 1. The number of rotatable bonds is 7. The third-order valence-electron chi connectivity index (χ3n) is 2.17. The van der Waals surface area contributed by atoms with Gasteiger partial charge < -0.3 is 9.84 Å². The van der Waals surface area contributed by atoms with Crippen LogP contribution in [0.5, 0.6) is 0 Å². The summed E-state index contributed by atoms with van der Waals surface area (Å²) in [5.41, 5.74) is 0. The molecular weight excluding hydrogens is 307 g/mol. The van der Waals surface area contributed by atoms with E-state index in [4.69, 9.17) is 5.11 Å². The average Bonchev–Trinajstić information content (AvgIpc) is 2.23. The zero-order chi connectivity index (χ0) is 16.1. The summed E-state index contributed by atoms with van der Waals surface area (Å²) in [4.78, 5) is 21.4. The van der Waals surface area contributed by atoms with Crippen molar-refractivity contribution in [3.05, 3.63) is 0 Å². The topological polar surface area (TPSA) is 101 Å². The Morgan fingerprint density at radius 2 is 1.85 bits per heavy atom. The van der Waals surface area contributed by atoms with Gasteiger partial charge in [0.25, 0.3) is 0 Å². The van der Waals surface area contributed by atoms with Gasteiger partial charge in [-0.05, 0) is 6.92 Å². The fraction of sp³-hybridized carbons (Fsp3) is 0.778. The number of halogens is 3. The Labute approximate surface area is 113 Å². The lowest BCUT2D eigenvalue weighted by Gasteiger charge is -2.24. The normalized spacial score (nSPS) is 14.1. The SMILES string of the molecule is CCOC(=O)CC(C(F)(F)F)S(=O)(=O)N(C)CC(=O)O. The predicted molar refractivity (Wildman–Crippen MR) is 60.3 cm³/mol. The van der Waals surface area contributed by atoms with Gasteiger partial charge >= 0.3 is 18.1 Å². The smallest absolute Gasteiger partial charge is 0.407 e. The minimum absolute atomic E-state index is 0.0344. The molecule has 118 valence electrons. The van der Waals surface area contributed by atoms with Crippen LogP contribution in [0.15, 0.2) is 0 Å². The molecule has 0 fully saturated rings. The molecule has 1 atom stereocenters. The highest BCUT2D eigenvalue weighted by molar-refractivity contribution is 7.89. The molecule has 0 aliphatic heterocycles. The van der Waals surface area contributed by atoms with Crippen LogP contribution in [0.4, 0.5) is 13.2 Å². The van der Waals surface area contributed by atoms with Gasteiger partial charge in [0.05, 0.1) is 13.0 Å². The summed E-state index contributed by atoms with van der Waals surface area (Å²) in [6, 6.07) is 0. The van der Waals surface area contributed by atoms with Crippen molar-refractivity contribution in [2.45, 2.75) is 24.8 Å². The Kier molecular flexibility index (Phi) is 6.41. The van der Waals surface area contributed by atoms with Crippen LogP contribution in [-0.4, -0.2) is 61.4 Å². The summed E-state index contributed by atoms with van der Waals surface area (Å²) >= 11 is 0. The first-order valence-corrected chi connectivity index (χ1v) is 6.82. The Hall–Kier alpha value is -1.36. The molecule has 11 heteroatoms. The Morgan fingerprint density at radius 3 is 2.20 bits per heavy atom. The lowest BCUT2D eigenvalue weighted by Crippen LogP contribution is -2.47. The molecule has 0 aromatic carbocycles. The van der Waals surface area contributed by atoms with Crippen molar-refractivity contribution in [2.75, 3.05) is 20.2 Å². The monoisotopic (exact) mass is 321 g/mol. The van der Waals surface area contributed by atoms with Gasteiger partial charge in [-0.15, -0.1) is 0 Å². The maximum absolute atomic E-state index is 12.8. The summed E-state index contributed by atoms with van der Waals surface area (Å²) in [6.07, 6.45) is -6.65. The lowest BCUT2D eigenvalue weighted by molar-refractivity contribution is -0.155. The van der Waals surface area contributed by atoms with Crippen LogP contribution >= 0.6 is 0 Å². The van der Waals surface area contributed by atoms with Gasteiger partial charge in [-0.2, -0.15) is 17.5 Å². The van der Waals surface area contributed by atoms with E-state index >= 15 is 0 Å². The number of likely N-dealkylation sites (N-methyl/N-ethyl adjacent to an activating group) is 1. The van der Waals surface area contributed by atoms with Crippen molar-refractivity contribution in [2.24, 2.45) is 0 Å². The van der Waals surface area contributed by atoms with Gasteiger partial charge in [-0.25, -0.2) is 8.42 Å². The number of nitrogens with zero attached hydrogens (tertiary/aromatic N) is 1. The van der Waals surface area contributed by atoms with E-state index in [1.165, 1.54) is 6.92 Å². The molecule has 0 spiro atoms. The number of hydrogen-bond donors (Lipinski definition) is 1. The van der Waals surface area contributed by atoms with Gasteiger partial charge in [-0.3, -0.25) is 9.59 Å². The first kappa shape index (κ1) is 18.6. The highest BCUT2D eigenvalue weighted by Crippen LogP contribution is 2.30. The molecule has 0 bridgehead atoms. The molecule has 0 rings (SSSR count). The molecular formula is C9H14F3NO6S. The van der Waals surface area contributed by atoms with E-state index in [1.807, 2.05) is 0 Å². The van der Waals surface area contributed by atoms with Gasteiger partial charge in [0.15, 0.2) is 5.25 Å². The number of alkyl halides is 3. The molecule has 0 saturated heterocycles. The van der Waals surface area contributed by atoms with Crippen LogP contribution in [0, 0.1) is 0 Å². The maximum atomic E-state index is 12.8. The van der Waals surface area contributed by atoms with E-state index in [0.29, 0.717) is 7.05 Å². The van der Waals surface area contributed by atoms with Crippen molar-refractivity contribution in [1.82, 2.24) is 4.31 Å². The molecule has 0 aliphatic carbocycles. The zero-order valence-electron chi connectivity index (χ0n) is 10.7. The fourth-order valence-corrected chi connectivity index (χ4v) is 2.67. The third kappa shape index (κ3) is 5.33. The molecule has 0 aliphatic rings. The summed E-state index contributed by atoms with van der Waals surface area (Å²) in [6.45, 7) is 0.0116. The van der Waals surface area contributed by atoms with Crippen molar-refractivity contribution in [1.29, 1.82) is 0 Å². The zero-order valence-corrected chi connectivity index (χ0v) is 11.5. The van der Waals surface area contributed by atoms with E-state index < -0.39 is 46.4 Å². The first-order chi connectivity index (χ1) is 8.92. The lowest BCUT2D eigenvalue weighted by atomic mass is 10.3. The molecule has 0 aromatic rings. The molecule has 0 heterocycles. The summed E-state index contributed by atoms with van der Waals surface area (Å²) in [7, 11) is -4.35. The number of ether oxygens (including phenoxy) is 1. The molecule has 1 unspecified atom stereocenters. The van der Waals surface area contributed by atoms with Crippen LogP contribution < -0.4 is 0 Å². The minimum Gasteiger partial charge on any atom is -0.480 e.